The van der Waals surface area contributed by atoms with Gasteiger partial charge in [0, 0.05) is 24.4 Å². The third-order valence-corrected chi connectivity index (χ3v) is 4.58. The van der Waals surface area contributed by atoms with Crippen LogP contribution in [-0.4, -0.2) is 36.6 Å². The summed E-state index contributed by atoms with van der Waals surface area (Å²) in [7, 11) is 0. The second-order valence-corrected chi connectivity index (χ2v) is 6.67. The number of ether oxygens (including phenoxy) is 2. The van der Waals surface area contributed by atoms with Crippen molar-refractivity contribution in [3.8, 4) is 5.75 Å². The lowest BCUT2D eigenvalue weighted by Crippen LogP contribution is -2.38. The van der Waals surface area contributed by atoms with Crippen molar-refractivity contribution in [2.75, 3.05) is 24.7 Å². The molecule has 1 amide bonds. The molecule has 1 aliphatic rings. The first-order valence-electron chi connectivity index (χ1n) is 9.47. The summed E-state index contributed by atoms with van der Waals surface area (Å²) in [6, 6.07) is 11.0. The van der Waals surface area contributed by atoms with E-state index in [1.165, 1.54) is 17.0 Å². The second-order valence-electron chi connectivity index (χ2n) is 6.67. The molecule has 1 heterocycles. The SMILES string of the molecule is CCCOc1ccc(C(=O)OCC(=O)N2CCCc3cc([N+](=O)[O-])ccc32)cc1. The van der Waals surface area contributed by atoms with E-state index in [0.717, 1.165) is 12.0 Å². The zero-order valence-corrected chi connectivity index (χ0v) is 16.1. The highest BCUT2D eigenvalue weighted by molar-refractivity contribution is 5.98. The largest absolute Gasteiger partial charge is 0.494 e. The van der Waals surface area contributed by atoms with Crippen LogP contribution in [0.5, 0.6) is 5.75 Å². The fraction of sp³-hybridized carbons (Fsp3) is 0.333. The van der Waals surface area contributed by atoms with Crippen LogP contribution in [0.4, 0.5) is 11.4 Å². The molecule has 0 atom stereocenters. The Labute approximate surface area is 168 Å². The number of non-ortho nitro benzene ring substituents is 1. The minimum absolute atomic E-state index is 0.00385. The standard InChI is InChI=1S/C21H22N2O6/c1-2-12-28-18-8-5-15(6-9-18)21(25)29-14-20(24)22-11-3-4-16-13-17(23(26)27)7-10-19(16)22/h5-10,13H,2-4,11-12,14H2,1H3. The fourth-order valence-corrected chi connectivity index (χ4v) is 3.15. The van der Waals surface area contributed by atoms with Crippen LogP contribution in [-0.2, 0) is 16.0 Å². The molecule has 0 radical (unpaired) electrons. The molecule has 0 aromatic heterocycles. The van der Waals surface area contributed by atoms with Crippen LogP contribution in [0.25, 0.3) is 0 Å². The van der Waals surface area contributed by atoms with Gasteiger partial charge >= 0.3 is 5.97 Å². The van der Waals surface area contributed by atoms with E-state index in [1.807, 2.05) is 6.92 Å². The second kappa shape index (κ2) is 9.18. The summed E-state index contributed by atoms with van der Waals surface area (Å²) in [6.45, 7) is 2.68. The molecular weight excluding hydrogens is 376 g/mol. The minimum atomic E-state index is -0.596. The van der Waals surface area contributed by atoms with E-state index in [-0.39, 0.29) is 11.6 Å². The minimum Gasteiger partial charge on any atom is -0.494 e. The number of esters is 1. The van der Waals surface area contributed by atoms with Crippen LogP contribution in [0.3, 0.4) is 0 Å². The van der Waals surface area contributed by atoms with Crippen LogP contribution < -0.4 is 9.64 Å². The Balaban J connectivity index is 1.61. The molecule has 152 valence electrons. The third-order valence-electron chi connectivity index (χ3n) is 4.58. The molecule has 0 N–H and O–H groups in total. The smallest absolute Gasteiger partial charge is 0.338 e. The molecule has 0 unspecified atom stereocenters. The lowest BCUT2D eigenvalue weighted by molar-refractivity contribution is -0.384. The highest BCUT2D eigenvalue weighted by Crippen LogP contribution is 2.30. The molecule has 29 heavy (non-hydrogen) atoms. The summed E-state index contributed by atoms with van der Waals surface area (Å²) in [5, 5.41) is 10.9. The van der Waals surface area contributed by atoms with Crippen LogP contribution in [0.15, 0.2) is 42.5 Å². The van der Waals surface area contributed by atoms with Crippen LogP contribution in [0, 0.1) is 10.1 Å². The van der Waals surface area contributed by atoms with Crippen molar-refractivity contribution >= 4 is 23.3 Å². The third kappa shape index (κ3) is 4.90. The van der Waals surface area contributed by atoms with Gasteiger partial charge in [-0.25, -0.2) is 4.79 Å². The van der Waals surface area contributed by atoms with Gasteiger partial charge in [0.1, 0.15) is 5.75 Å². The average Bonchev–Trinajstić information content (AvgIpc) is 2.75. The van der Waals surface area contributed by atoms with Crippen molar-refractivity contribution in [1.82, 2.24) is 0 Å². The summed E-state index contributed by atoms with van der Waals surface area (Å²) in [4.78, 5) is 36.8. The highest BCUT2D eigenvalue weighted by Gasteiger charge is 2.25. The molecule has 0 bridgehead atoms. The monoisotopic (exact) mass is 398 g/mol. The van der Waals surface area contributed by atoms with Crippen molar-refractivity contribution in [2.45, 2.75) is 26.2 Å². The van der Waals surface area contributed by atoms with E-state index in [2.05, 4.69) is 0 Å². The normalized spacial score (nSPS) is 12.8. The lowest BCUT2D eigenvalue weighted by atomic mass is 10.0. The van der Waals surface area contributed by atoms with E-state index in [1.54, 1.807) is 30.3 Å². The first-order chi connectivity index (χ1) is 14.0. The molecule has 8 heteroatoms. The molecule has 0 saturated carbocycles. The fourth-order valence-electron chi connectivity index (χ4n) is 3.15. The number of fused-ring (bicyclic) bond motifs is 1. The number of carbonyl (C=O) groups is 2. The number of carbonyl (C=O) groups excluding carboxylic acids is 2. The van der Waals surface area contributed by atoms with Gasteiger partial charge in [-0.05, 0) is 55.2 Å². The van der Waals surface area contributed by atoms with Crippen LogP contribution in [0.1, 0.15) is 35.7 Å². The molecule has 3 rings (SSSR count). The summed E-state index contributed by atoms with van der Waals surface area (Å²) in [5.74, 6) is -0.295. The number of amides is 1. The summed E-state index contributed by atoms with van der Waals surface area (Å²) in [5.41, 5.74) is 1.69. The Morgan fingerprint density at radius 3 is 2.62 bits per heavy atom. The number of aryl methyl sites for hydroxylation is 1. The number of nitro groups is 1. The maximum Gasteiger partial charge on any atom is 0.338 e. The Morgan fingerprint density at radius 2 is 1.93 bits per heavy atom. The van der Waals surface area contributed by atoms with E-state index in [9.17, 15) is 19.7 Å². The Morgan fingerprint density at radius 1 is 1.17 bits per heavy atom. The van der Waals surface area contributed by atoms with Gasteiger partial charge in [-0.2, -0.15) is 0 Å². The number of nitrogens with zero attached hydrogens (tertiary/aromatic N) is 2. The molecule has 1 aliphatic heterocycles. The predicted molar refractivity (Wildman–Crippen MR) is 106 cm³/mol. The van der Waals surface area contributed by atoms with Crippen molar-refractivity contribution in [1.29, 1.82) is 0 Å². The number of nitro benzene ring substituents is 1. The molecule has 2 aromatic carbocycles. The predicted octanol–water partition coefficient (Wildman–Crippen LogP) is 3.52. The number of anilines is 1. The number of benzene rings is 2. The van der Waals surface area contributed by atoms with Crippen molar-refractivity contribution in [2.24, 2.45) is 0 Å². The van der Waals surface area contributed by atoms with Gasteiger partial charge in [-0.1, -0.05) is 6.92 Å². The molecule has 0 aliphatic carbocycles. The molecular formula is C21H22N2O6. The van der Waals surface area contributed by atoms with Crippen molar-refractivity contribution < 1.29 is 24.0 Å². The summed E-state index contributed by atoms with van der Waals surface area (Å²) >= 11 is 0. The molecule has 0 spiro atoms. The molecule has 0 saturated heterocycles. The molecule has 0 fully saturated rings. The lowest BCUT2D eigenvalue weighted by Gasteiger charge is -2.29. The van der Waals surface area contributed by atoms with Gasteiger partial charge < -0.3 is 14.4 Å². The highest BCUT2D eigenvalue weighted by atomic mass is 16.6. The van der Waals surface area contributed by atoms with Gasteiger partial charge in [0.05, 0.1) is 17.1 Å². The van der Waals surface area contributed by atoms with E-state index < -0.39 is 17.5 Å². The molecule has 2 aromatic rings. The quantitative estimate of drug-likeness (QED) is 0.402. The first kappa shape index (κ1) is 20.3. The Kier molecular flexibility index (Phi) is 6.43. The van der Waals surface area contributed by atoms with Crippen LogP contribution in [0.2, 0.25) is 0 Å². The van der Waals surface area contributed by atoms with E-state index in [0.29, 0.717) is 43.0 Å². The Bertz CT molecular complexity index is 910. The van der Waals surface area contributed by atoms with E-state index >= 15 is 0 Å². The molecule has 8 nitrogen and oxygen atoms in total. The van der Waals surface area contributed by atoms with Gasteiger partial charge in [-0.3, -0.25) is 14.9 Å². The zero-order valence-electron chi connectivity index (χ0n) is 16.1. The summed E-state index contributed by atoms with van der Waals surface area (Å²) < 4.78 is 10.6. The van der Waals surface area contributed by atoms with Crippen LogP contribution >= 0.6 is 0 Å². The number of hydrogen-bond donors (Lipinski definition) is 0. The topological polar surface area (TPSA) is 99.0 Å². The number of hydrogen-bond acceptors (Lipinski definition) is 6. The van der Waals surface area contributed by atoms with Gasteiger partial charge in [0.15, 0.2) is 6.61 Å². The van der Waals surface area contributed by atoms with Gasteiger partial charge in [0.2, 0.25) is 0 Å². The van der Waals surface area contributed by atoms with Crippen molar-refractivity contribution in [3.05, 3.63) is 63.7 Å². The first-order valence-corrected chi connectivity index (χ1v) is 9.47. The summed E-state index contributed by atoms with van der Waals surface area (Å²) in [6.07, 6.45) is 2.24. The average molecular weight is 398 g/mol. The maximum absolute atomic E-state index is 12.6. The van der Waals surface area contributed by atoms with E-state index in [4.69, 9.17) is 9.47 Å². The van der Waals surface area contributed by atoms with Gasteiger partial charge in [0.25, 0.3) is 11.6 Å². The maximum atomic E-state index is 12.6. The Hall–Kier alpha value is -3.42. The van der Waals surface area contributed by atoms with Crippen molar-refractivity contribution in [3.63, 3.8) is 0 Å². The zero-order chi connectivity index (χ0) is 20.8. The van der Waals surface area contributed by atoms with Gasteiger partial charge in [-0.15, -0.1) is 0 Å². The number of rotatable bonds is 7.